The van der Waals surface area contributed by atoms with E-state index in [0.29, 0.717) is 38.8 Å². The summed E-state index contributed by atoms with van der Waals surface area (Å²) in [5.41, 5.74) is 5.73. The lowest BCUT2D eigenvalue weighted by Crippen LogP contribution is -2.31. The molecule has 27 heavy (non-hydrogen) atoms. The highest BCUT2D eigenvalue weighted by Gasteiger charge is 2.10. The van der Waals surface area contributed by atoms with Gasteiger partial charge in [0.25, 0.3) is 6.47 Å². The van der Waals surface area contributed by atoms with Crippen LogP contribution in [0.15, 0.2) is 0 Å². The number of unbranched alkanes of at least 4 members (excludes halogenated alkanes) is 1. The van der Waals surface area contributed by atoms with Crippen LogP contribution in [-0.4, -0.2) is 48.3 Å². The molecule has 1 unspecified atom stereocenters. The average Bonchev–Trinajstić information content (AvgIpc) is 2.65. The number of rotatable bonds is 12. The van der Waals surface area contributed by atoms with E-state index in [-0.39, 0.29) is 36.0 Å². The minimum absolute atomic E-state index is 0.00673. The zero-order valence-corrected chi connectivity index (χ0v) is 17.5. The van der Waals surface area contributed by atoms with Crippen molar-refractivity contribution in [2.45, 2.75) is 79.2 Å². The number of Topliss-reactive ketones (excluding diaryl/α,β-unsaturated/α-hetero) is 1. The molecule has 0 fully saturated rings. The number of hydrogen-bond acceptors (Lipinski definition) is 5. The van der Waals surface area contributed by atoms with Crippen LogP contribution in [0.25, 0.3) is 0 Å². The molecular formula is C19H39N3O5. The van der Waals surface area contributed by atoms with Crippen molar-refractivity contribution in [3.63, 3.8) is 0 Å². The van der Waals surface area contributed by atoms with Crippen LogP contribution in [-0.2, 0) is 19.2 Å². The Morgan fingerprint density at radius 1 is 1.04 bits per heavy atom. The molecule has 5 N–H and O–H groups in total. The third kappa shape index (κ3) is 22.0. The summed E-state index contributed by atoms with van der Waals surface area (Å²) in [5, 5.41) is 12.5. The molecule has 0 bridgehead atoms. The van der Waals surface area contributed by atoms with Crippen molar-refractivity contribution >= 4 is 24.1 Å². The van der Waals surface area contributed by atoms with Gasteiger partial charge in [0, 0.05) is 31.8 Å². The fraction of sp³-hybridized carbons (Fsp3) is 0.789. The van der Waals surface area contributed by atoms with Crippen molar-refractivity contribution in [2.24, 2.45) is 11.7 Å². The Kier molecular flexibility index (Phi) is 24.4. The van der Waals surface area contributed by atoms with Gasteiger partial charge in [-0.05, 0) is 25.7 Å². The van der Waals surface area contributed by atoms with Gasteiger partial charge in [0.05, 0.1) is 6.04 Å². The van der Waals surface area contributed by atoms with Gasteiger partial charge in [-0.1, -0.05) is 34.6 Å². The first kappa shape index (κ1) is 29.8. The van der Waals surface area contributed by atoms with E-state index in [4.69, 9.17) is 15.6 Å². The van der Waals surface area contributed by atoms with Gasteiger partial charge in [-0.25, -0.2) is 0 Å². The van der Waals surface area contributed by atoms with E-state index in [1.54, 1.807) is 0 Å². The summed E-state index contributed by atoms with van der Waals surface area (Å²) >= 11 is 0. The number of amides is 2. The van der Waals surface area contributed by atoms with Crippen LogP contribution in [0.4, 0.5) is 0 Å². The van der Waals surface area contributed by atoms with E-state index in [1.807, 2.05) is 34.6 Å². The highest BCUT2D eigenvalue weighted by Crippen LogP contribution is 2.01. The predicted octanol–water partition coefficient (Wildman–Crippen LogP) is 1.86. The van der Waals surface area contributed by atoms with Gasteiger partial charge < -0.3 is 21.5 Å². The summed E-state index contributed by atoms with van der Waals surface area (Å²) in [5.74, 6) is 0.0679. The fourth-order valence-corrected chi connectivity index (χ4v) is 1.89. The van der Waals surface area contributed by atoms with Gasteiger partial charge >= 0.3 is 0 Å². The summed E-state index contributed by atoms with van der Waals surface area (Å²) in [4.78, 5) is 42.5. The lowest BCUT2D eigenvalue weighted by atomic mass is 10.0. The molecule has 0 aromatic rings. The third-order valence-corrected chi connectivity index (χ3v) is 3.43. The lowest BCUT2D eigenvalue weighted by Gasteiger charge is -2.10. The maximum absolute atomic E-state index is 11.6. The van der Waals surface area contributed by atoms with Crippen LogP contribution in [0.3, 0.4) is 0 Å². The quantitative estimate of drug-likeness (QED) is 0.297. The van der Waals surface area contributed by atoms with Crippen molar-refractivity contribution in [3.05, 3.63) is 0 Å². The zero-order valence-electron chi connectivity index (χ0n) is 17.5. The SMILES string of the molecule is CC.CCC(=O)C(N)CCCCNC(=O)CCCNC(=O)C(C)C.O=CO. The molecule has 2 amide bonds. The monoisotopic (exact) mass is 389 g/mol. The maximum Gasteiger partial charge on any atom is 0.290 e. The van der Waals surface area contributed by atoms with Crippen LogP contribution < -0.4 is 16.4 Å². The molecular weight excluding hydrogens is 350 g/mol. The van der Waals surface area contributed by atoms with Crippen LogP contribution in [0.2, 0.25) is 0 Å². The summed E-state index contributed by atoms with van der Waals surface area (Å²) in [7, 11) is 0. The topological polar surface area (TPSA) is 139 Å². The van der Waals surface area contributed by atoms with Gasteiger partial charge in [0.15, 0.2) is 0 Å². The predicted molar refractivity (Wildman–Crippen MR) is 107 cm³/mol. The largest absolute Gasteiger partial charge is 0.483 e. The second-order valence-corrected chi connectivity index (χ2v) is 5.93. The molecule has 8 nitrogen and oxygen atoms in total. The number of nitrogens with one attached hydrogen (secondary N) is 2. The summed E-state index contributed by atoms with van der Waals surface area (Å²) in [6, 6.07) is -0.370. The number of ketones is 1. The number of carboxylic acid groups (broad SMARTS) is 1. The molecule has 8 heteroatoms. The second kappa shape index (κ2) is 22.1. The molecule has 0 aliphatic carbocycles. The normalized spacial score (nSPS) is 10.5. The lowest BCUT2D eigenvalue weighted by molar-refractivity contribution is -0.124. The first-order valence-corrected chi connectivity index (χ1v) is 9.70. The number of carbonyl (C=O) groups is 4. The van der Waals surface area contributed by atoms with Crippen LogP contribution in [0.1, 0.15) is 73.1 Å². The van der Waals surface area contributed by atoms with E-state index in [2.05, 4.69) is 10.6 Å². The average molecular weight is 390 g/mol. The molecule has 0 aromatic carbocycles. The second-order valence-electron chi connectivity index (χ2n) is 5.93. The summed E-state index contributed by atoms with van der Waals surface area (Å²) in [6.07, 6.45) is 3.85. The molecule has 0 heterocycles. The van der Waals surface area contributed by atoms with Crippen LogP contribution >= 0.6 is 0 Å². The summed E-state index contributed by atoms with van der Waals surface area (Å²) in [6.45, 7) is 10.4. The first-order chi connectivity index (χ1) is 12.8. The highest BCUT2D eigenvalue weighted by atomic mass is 16.3. The number of nitrogens with two attached hydrogens (primary N) is 1. The minimum Gasteiger partial charge on any atom is -0.483 e. The van der Waals surface area contributed by atoms with Gasteiger partial charge in [0.1, 0.15) is 5.78 Å². The molecule has 0 aliphatic rings. The Balaban J connectivity index is -0.00000104. The van der Waals surface area contributed by atoms with E-state index < -0.39 is 0 Å². The maximum atomic E-state index is 11.6. The fourth-order valence-electron chi connectivity index (χ4n) is 1.89. The molecule has 0 spiro atoms. The minimum atomic E-state index is -0.370. The molecule has 0 aliphatic heterocycles. The standard InChI is InChI=1S/C16H31N3O3.C2H6.CH2O2/c1-4-14(20)13(17)8-5-6-10-18-15(21)9-7-11-19-16(22)12(2)3;1-2;2-1-3/h12-13H,4-11,17H2,1-3H3,(H,18,21)(H,19,22);1-2H3;1H,(H,2,3). The Hall–Kier alpha value is -1.96. The Labute approximate surface area is 163 Å². The van der Waals surface area contributed by atoms with Crippen molar-refractivity contribution in [1.29, 1.82) is 0 Å². The molecule has 0 rings (SSSR count). The smallest absolute Gasteiger partial charge is 0.290 e. The van der Waals surface area contributed by atoms with Crippen molar-refractivity contribution in [3.8, 4) is 0 Å². The third-order valence-electron chi connectivity index (χ3n) is 3.43. The Morgan fingerprint density at radius 3 is 2.04 bits per heavy atom. The molecule has 0 aromatic heterocycles. The molecule has 0 saturated heterocycles. The van der Waals surface area contributed by atoms with Crippen molar-refractivity contribution < 1.29 is 24.3 Å². The van der Waals surface area contributed by atoms with E-state index in [1.165, 1.54) is 0 Å². The number of carbonyl (C=O) groups excluding carboxylic acids is 3. The molecule has 1 atom stereocenters. The van der Waals surface area contributed by atoms with Crippen molar-refractivity contribution in [1.82, 2.24) is 10.6 Å². The molecule has 0 radical (unpaired) electrons. The van der Waals surface area contributed by atoms with Crippen LogP contribution in [0, 0.1) is 5.92 Å². The van der Waals surface area contributed by atoms with Crippen molar-refractivity contribution in [2.75, 3.05) is 13.1 Å². The van der Waals surface area contributed by atoms with Gasteiger partial charge in [-0.15, -0.1) is 0 Å². The first-order valence-electron chi connectivity index (χ1n) is 9.70. The van der Waals surface area contributed by atoms with E-state index in [0.717, 1.165) is 12.8 Å². The van der Waals surface area contributed by atoms with Gasteiger partial charge in [-0.2, -0.15) is 0 Å². The zero-order chi connectivity index (χ0) is 21.7. The Bertz CT molecular complexity index is 401. The Morgan fingerprint density at radius 2 is 1.56 bits per heavy atom. The van der Waals surface area contributed by atoms with Gasteiger partial charge in [0.2, 0.25) is 11.8 Å². The van der Waals surface area contributed by atoms with E-state index in [9.17, 15) is 14.4 Å². The van der Waals surface area contributed by atoms with Crippen LogP contribution in [0.5, 0.6) is 0 Å². The number of hydrogen-bond donors (Lipinski definition) is 4. The summed E-state index contributed by atoms with van der Waals surface area (Å²) < 4.78 is 0. The molecule has 0 saturated carbocycles. The molecule has 160 valence electrons. The van der Waals surface area contributed by atoms with Gasteiger partial charge in [-0.3, -0.25) is 19.2 Å². The highest BCUT2D eigenvalue weighted by molar-refractivity contribution is 5.83. The van der Waals surface area contributed by atoms with E-state index >= 15 is 0 Å².